The number of carbonyl (C=O) groups is 1. The molecule has 0 radical (unpaired) electrons. The van der Waals surface area contributed by atoms with Crippen LogP contribution in [-0.4, -0.2) is 11.3 Å². The van der Waals surface area contributed by atoms with Crippen molar-refractivity contribution >= 4 is 23.6 Å². The quantitative estimate of drug-likeness (QED) is 0.595. The maximum Gasteiger partial charge on any atom is 0.266 e. The lowest BCUT2D eigenvalue weighted by atomic mass is 10.2. The van der Waals surface area contributed by atoms with Gasteiger partial charge in [-0.2, -0.15) is 0 Å². The van der Waals surface area contributed by atoms with E-state index in [4.69, 9.17) is 17.3 Å². The average molecular weight is 207 g/mol. The van der Waals surface area contributed by atoms with Crippen LogP contribution in [0.1, 0.15) is 22.5 Å². The van der Waals surface area contributed by atoms with Crippen LogP contribution in [0.3, 0.4) is 0 Å². The molecule has 1 rings (SSSR count). The molecule has 6 heteroatoms. The van der Waals surface area contributed by atoms with Crippen molar-refractivity contribution < 1.29 is 13.6 Å². The van der Waals surface area contributed by atoms with Crippen molar-refractivity contribution in [2.24, 2.45) is 0 Å². The maximum atomic E-state index is 12.2. The number of nitrogens with zero attached hydrogens (tertiary/aromatic N) is 1. The molecule has 1 heterocycles. The molecule has 1 aromatic heterocycles. The zero-order chi connectivity index (χ0) is 10.0. The SMILES string of the molecule is Nc1cc(C(F)F)c(C=O)nc1Cl. The molecule has 0 atom stereocenters. The first-order chi connectivity index (χ1) is 6.06. The molecular weight excluding hydrogens is 202 g/mol. The molecule has 0 aliphatic rings. The topological polar surface area (TPSA) is 56.0 Å². The Bertz CT molecular complexity index is 344. The van der Waals surface area contributed by atoms with Crippen molar-refractivity contribution in [3.8, 4) is 0 Å². The number of pyridine rings is 1. The van der Waals surface area contributed by atoms with Crippen molar-refractivity contribution in [1.82, 2.24) is 4.98 Å². The van der Waals surface area contributed by atoms with Gasteiger partial charge in [0.05, 0.1) is 5.69 Å². The molecular formula is C7H5ClF2N2O. The lowest BCUT2D eigenvalue weighted by molar-refractivity contribution is 0.110. The van der Waals surface area contributed by atoms with Gasteiger partial charge in [0.2, 0.25) is 0 Å². The Morgan fingerprint density at radius 3 is 2.69 bits per heavy atom. The van der Waals surface area contributed by atoms with Crippen LogP contribution in [0.25, 0.3) is 0 Å². The van der Waals surface area contributed by atoms with Gasteiger partial charge in [-0.25, -0.2) is 13.8 Å². The third kappa shape index (κ3) is 1.92. The number of aldehydes is 1. The molecule has 0 aliphatic carbocycles. The lowest BCUT2D eigenvalue weighted by Gasteiger charge is -2.04. The second-order valence-electron chi connectivity index (χ2n) is 2.26. The van der Waals surface area contributed by atoms with Gasteiger partial charge in [0, 0.05) is 5.56 Å². The van der Waals surface area contributed by atoms with Gasteiger partial charge in [0.1, 0.15) is 5.69 Å². The summed E-state index contributed by atoms with van der Waals surface area (Å²) in [6.45, 7) is 0. The summed E-state index contributed by atoms with van der Waals surface area (Å²) in [5.41, 5.74) is 4.29. The van der Waals surface area contributed by atoms with Crippen LogP contribution in [0.4, 0.5) is 14.5 Å². The van der Waals surface area contributed by atoms with Gasteiger partial charge in [0.15, 0.2) is 11.4 Å². The first kappa shape index (κ1) is 9.85. The number of nitrogen functional groups attached to an aromatic ring is 1. The van der Waals surface area contributed by atoms with E-state index in [9.17, 15) is 13.6 Å². The molecule has 0 amide bonds. The number of hydrogen-bond acceptors (Lipinski definition) is 3. The van der Waals surface area contributed by atoms with E-state index in [0.29, 0.717) is 0 Å². The zero-order valence-electron chi connectivity index (χ0n) is 6.30. The van der Waals surface area contributed by atoms with E-state index in [1.54, 1.807) is 0 Å². The monoisotopic (exact) mass is 206 g/mol. The van der Waals surface area contributed by atoms with Gasteiger partial charge in [0.25, 0.3) is 6.43 Å². The molecule has 0 saturated heterocycles. The molecule has 0 saturated carbocycles. The van der Waals surface area contributed by atoms with Gasteiger partial charge in [-0.3, -0.25) is 4.79 Å². The highest BCUT2D eigenvalue weighted by molar-refractivity contribution is 6.31. The standard InChI is InChI=1S/C7H5ClF2N2O/c8-6-4(11)1-3(7(9)10)5(2-13)12-6/h1-2,7H,11H2. The van der Waals surface area contributed by atoms with E-state index in [0.717, 1.165) is 6.07 Å². The van der Waals surface area contributed by atoms with Crippen LogP contribution >= 0.6 is 11.6 Å². The fourth-order valence-electron chi connectivity index (χ4n) is 0.805. The highest BCUT2D eigenvalue weighted by Gasteiger charge is 2.16. The first-order valence-corrected chi connectivity index (χ1v) is 3.63. The number of rotatable bonds is 2. The number of alkyl halides is 2. The minimum absolute atomic E-state index is 0.0671. The van der Waals surface area contributed by atoms with E-state index in [1.807, 2.05) is 0 Å². The van der Waals surface area contributed by atoms with Crippen LogP contribution in [0.2, 0.25) is 5.15 Å². The summed E-state index contributed by atoms with van der Waals surface area (Å²) in [6, 6.07) is 0.948. The van der Waals surface area contributed by atoms with E-state index < -0.39 is 12.0 Å². The molecule has 0 spiro atoms. The number of nitrogens with two attached hydrogens (primary N) is 1. The molecule has 0 aliphatic heterocycles. The zero-order valence-corrected chi connectivity index (χ0v) is 7.05. The predicted octanol–water partition coefficient (Wildman–Crippen LogP) is 2.07. The molecule has 0 fully saturated rings. The third-order valence-electron chi connectivity index (χ3n) is 1.41. The fraction of sp³-hybridized carbons (Fsp3) is 0.143. The Hall–Kier alpha value is -1.23. The Kier molecular flexibility index (Phi) is 2.77. The summed E-state index contributed by atoms with van der Waals surface area (Å²) in [7, 11) is 0. The van der Waals surface area contributed by atoms with Crippen molar-refractivity contribution in [3.63, 3.8) is 0 Å². The molecule has 2 N–H and O–H groups in total. The Morgan fingerprint density at radius 2 is 2.23 bits per heavy atom. The minimum Gasteiger partial charge on any atom is -0.396 e. The molecule has 1 aromatic rings. The highest BCUT2D eigenvalue weighted by Crippen LogP contribution is 2.26. The second kappa shape index (κ2) is 3.66. The summed E-state index contributed by atoms with van der Waals surface area (Å²) in [6.07, 6.45) is -2.57. The Morgan fingerprint density at radius 1 is 1.62 bits per heavy atom. The van der Waals surface area contributed by atoms with E-state index in [2.05, 4.69) is 4.98 Å². The van der Waals surface area contributed by atoms with Crippen molar-refractivity contribution in [1.29, 1.82) is 0 Å². The number of carbonyl (C=O) groups excluding carboxylic acids is 1. The van der Waals surface area contributed by atoms with E-state index in [1.165, 1.54) is 0 Å². The van der Waals surface area contributed by atoms with Gasteiger partial charge < -0.3 is 5.73 Å². The number of halogens is 3. The second-order valence-corrected chi connectivity index (χ2v) is 2.62. The summed E-state index contributed by atoms with van der Waals surface area (Å²) in [5.74, 6) is 0. The van der Waals surface area contributed by atoms with Crippen molar-refractivity contribution in [2.45, 2.75) is 6.43 Å². The van der Waals surface area contributed by atoms with E-state index >= 15 is 0 Å². The largest absolute Gasteiger partial charge is 0.396 e. The third-order valence-corrected chi connectivity index (χ3v) is 1.71. The summed E-state index contributed by atoms with van der Waals surface area (Å²) >= 11 is 5.43. The summed E-state index contributed by atoms with van der Waals surface area (Å²) < 4.78 is 24.5. The molecule has 13 heavy (non-hydrogen) atoms. The van der Waals surface area contributed by atoms with Gasteiger partial charge in [-0.05, 0) is 6.07 Å². The van der Waals surface area contributed by atoms with Crippen LogP contribution in [0, 0.1) is 0 Å². The van der Waals surface area contributed by atoms with Crippen molar-refractivity contribution in [2.75, 3.05) is 5.73 Å². The van der Waals surface area contributed by atoms with E-state index in [-0.39, 0.29) is 22.8 Å². The minimum atomic E-state index is -2.78. The molecule has 0 bridgehead atoms. The predicted molar refractivity (Wildman–Crippen MR) is 44.0 cm³/mol. The molecule has 3 nitrogen and oxygen atoms in total. The maximum absolute atomic E-state index is 12.2. The van der Waals surface area contributed by atoms with Gasteiger partial charge >= 0.3 is 0 Å². The van der Waals surface area contributed by atoms with Gasteiger partial charge in [-0.15, -0.1) is 0 Å². The van der Waals surface area contributed by atoms with Crippen LogP contribution in [-0.2, 0) is 0 Å². The number of anilines is 1. The summed E-state index contributed by atoms with van der Waals surface area (Å²) in [4.78, 5) is 13.7. The fourth-order valence-corrected chi connectivity index (χ4v) is 0.951. The molecule has 0 aromatic carbocycles. The van der Waals surface area contributed by atoms with Crippen molar-refractivity contribution in [3.05, 3.63) is 22.5 Å². The molecule has 0 unspecified atom stereocenters. The number of hydrogen-bond donors (Lipinski definition) is 1. The van der Waals surface area contributed by atoms with Crippen LogP contribution in [0.15, 0.2) is 6.07 Å². The normalized spacial score (nSPS) is 10.5. The highest BCUT2D eigenvalue weighted by atomic mass is 35.5. The van der Waals surface area contributed by atoms with Crippen LogP contribution in [0.5, 0.6) is 0 Å². The smallest absolute Gasteiger partial charge is 0.266 e. The Labute approximate surface area is 77.5 Å². The molecule has 70 valence electrons. The van der Waals surface area contributed by atoms with Gasteiger partial charge in [-0.1, -0.05) is 11.6 Å². The summed E-state index contributed by atoms with van der Waals surface area (Å²) in [5, 5.41) is -0.147. The van der Waals surface area contributed by atoms with Crippen LogP contribution < -0.4 is 5.73 Å². The lowest BCUT2D eigenvalue weighted by Crippen LogP contribution is -2.00. The Balaban J connectivity index is 3.32. The average Bonchev–Trinajstić information content (AvgIpc) is 2.08. The number of aromatic nitrogens is 1. The first-order valence-electron chi connectivity index (χ1n) is 3.25.